The van der Waals surface area contributed by atoms with E-state index in [2.05, 4.69) is 5.16 Å². The first-order valence-corrected chi connectivity index (χ1v) is 3.46. The van der Waals surface area contributed by atoms with Gasteiger partial charge in [-0.1, -0.05) is 16.8 Å². The monoisotopic (exact) mass is 171 g/mol. The topological polar surface area (TPSA) is 36.5 Å². The lowest BCUT2D eigenvalue weighted by Gasteiger charge is -1.92. The molecule has 0 saturated heterocycles. The molecule has 0 saturated carbocycles. The van der Waals surface area contributed by atoms with Crippen LogP contribution in [-0.2, 0) is 7.05 Å². The number of rotatable bonds is 1. The molecule has 0 atom stereocenters. The maximum Gasteiger partial charge on any atom is 0.246 e. The van der Waals surface area contributed by atoms with E-state index < -0.39 is 0 Å². The van der Waals surface area contributed by atoms with Crippen molar-refractivity contribution >= 4 is 16.8 Å². The number of hydrogen-bond donors (Lipinski definition) is 1. The van der Waals surface area contributed by atoms with E-state index in [0.717, 1.165) is 0 Å². The Kier molecular flexibility index (Phi) is 2.44. The van der Waals surface area contributed by atoms with Gasteiger partial charge in [0.25, 0.3) is 0 Å². The summed E-state index contributed by atoms with van der Waals surface area (Å²) in [5.74, 6) is 0. The van der Waals surface area contributed by atoms with Gasteiger partial charge in [-0.05, 0) is 6.07 Å². The van der Waals surface area contributed by atoms with E-state index in [-0.39, 0.29) is 5.17 Å². The van der Waals surface area contributed by atoms with Gasteiger partial charge in [-0.3, -0.25) is 0 Å². The van der Waals surface area contributed by atoms with Crippen LogP contribution in [0.5, 0.6) is 0 Å². The smallest absolute Gasteiger partial charge is 0.246 e. The van der Waals surface area contributed by atoms with E-state index in [4.69, 9.17) is 16.8 Å². The third-order valence-corrected chi connectivity index (χ3v) is 1.62. The maximum atomic E-state index is 8.36. The zero-order valence-corrected chi connectivity index (χ0v) is 6.78. The van der Waals surface area contributed by atoms with E-state index in [0.29, 0.717) is 5.69 Å². The van der Waals surface area contributed by atoms with Crippen LogP contribution in [0.2, 0.25) is 0 Å². The molecule has 3 nitrogen and oxygen atoms in total. The van der Waals surface area contributed by atoms with Gasteiger partial charge >= 0.3 is 0 Å². The number of hydrogen-bond acceptors (Lipinski definition) is 2. The Morgan fingerprint density at radius 2 is 2.36 bits per heavy atom. The van der Waals surface area contributed by atoms with Crippen LogP contribution in [0, 0.1) is 0 Å². The first-order chi connectivity index (χ1) is 5.25. The molecule has 1 N–H and O–H groups in total. The number of oxime groups is 1. The molecule has 0 spiro atoms. The molecule has 0 fully saturated rings. The molecule has 0 aliphatic rings. The predicted octanol–water partition coefficient (Wildman–Crippen LogP) is 0.886. The van der Waals surface area contributed by atoms with E-state index in [1.54, 1.807) is 10.6 Å². The molecule has 0 radical (unpaired) electrons. The van der Waals surface area contributed by atoms with E-state index in [1.165, 1.54) is 0 Å². The highest BCUT2D eigenvalue weighted by molar-refractivity contribution is 6.68. The Morgan fingerprint density at radius 3 is 2.91 bits per heavy atom. The van der Waals surface area contributed by atoms with Crippen LogP contribution in [0.15, 0.2) is 29.6 Å². The molecule has 1 aromatic rings. The Labute approximate surface area is 69.5 Å². The molecule has 58 valence electrons. The van der Waals surface area contributed by atoms with E-state index in [9.17, 15) is 0 Å². The minimum atomic E-state index is 0.0908. The number of aryl methyl sites for hydroxylation is 1. The van der Waals surface area contributed by atoms with Crippen LogP contribution in [-0.4, -0.2) is 10.4 Å². The fourth-order valence-corrected chi connectivity index (χ4v) is 0.985. The standard InChI is InChI=1S/C7H7ClN2O/c1-10-5-3-2-4-6(10)7(8)9-11/h2-5H,1H3/p+1. The van der Waals surface area contributed by atoms with Crippen LogP contribution in [0.25, 0.3) is 0 Å². The minimum absolute atomic E-state index is 0.0908. The number of pyridine rings is 1. The molecule has 0 aliphatic carbocycles. The summed E-state index contributed by atoms with van der Waals surface area (Å²) in [7, 11) is 1.82. The van der Waals surface area contributed by atoms with Gasteiger partial charge in [-0.25, -0.2) is 0 Å². The summed E-state index contributed by atoms with van der Waals surface area (Å²) < 4.78 is 1.77. The van der Waals surface area contributed by atoms with Gasteiger partial charge in [0.2, 0.25) is 10.9 Å². The summed E-state index contributed by atoms with van der Waals surface area (Å²) in [6, 6.07) is 5.45. The highest BCUT2D eigenvalue weighted by Crippen LogP contribution is 1.97. The summed E-state index contributed by atoms with van der Waals surface area (Å²) in [5.41, 5.74) is 0.677. The van der Waals surface area contributed by atoms with Crippen molar-refractivity contribution in [1.82, 2.24) is 0 Å². The van der Waals surface area contributed by atoms with Crippen molar-refractivity contribution in [1.29, 1.82) is 0 Å². The van der Waals surface area contributed by atoms with Crippen LogP contribution >= 0.6 is 11.6 Å². The van der Waals surface area contributed by atoms with Crippen molar-refractivity contribution in [3.8, 4) is 0 Å². The average molecular weight is 172 g/mol. The second-order valence-corrected chi connectivity index (χ2v) is 2.45. The molecular formula is C7H8ClN2O+. The number of halogens is 1. The fourth-order valence-electron chi connectivity index (χ4n) is 0.789. The van der Waals surface area contributed by atoms with Crippen molar-refractivity contribution in [2.75, 3.05) is 0 Å². The Bertz CT molecular complexity index is 286. The second kappa shape index (κ2) is 3.34. The first kappa shape index (κ1) is 8.01. The summed E-state index contributed by atoms with van der Waals surface area (Å²) in [6.45, 7) is 0. The van der Waals surface area contributed by atoms with E-state index >= 15 is 0 Å². The molecule has 4 heteroatoms. The Hall–Kier alpha value is -1.09. The highest BCUT2D eigenvalue weighted by Gasteiger charge is 2.10. The third-order valence-electron chi connectivity index (χ3n) is 1.35. The lowest BCUT2D eigenvalue weighted by molar-refractivity contribution is -0.672. The fraction of sp³-hybridized carbons (Fsp3) is 0.143. The molecule has 1 aromatic heterocycles. The maximum absolute atomic E-state index is 8.36. The van der Waals surface area contributed by atoms with Crippen LogP contribution in [0.1, 0.15) is 5.69 Å². The molecule has 1 heterocycles. The SMILES string of the molecule is C[n+]1ccccc1C(Cl)=NO. The number of aromatic nitrogens is 1. The molecule has 0 aliphatic heterocycles. The van der Waals surface area contributed by atoms with Crippen molar-refractivity contribution in [3.05, 3.63) is 30.1 Å². The van der Waals surface area contributed by atoms with Gasteiger partial charge in [0.05, 0.1) is 0 Å². The van der Waals surface area contributed by atoms with Crippen molar-refractivity contribution in [2.45, 2.75) is 0 Å². The largest absolute Gasteiger partial charge is 0.409 e. The highest BCUT2D eigenvalue weighted by atomic mass is 35.5. The molecule has 0 bridgehead atoms. The van der Waals surface area contributed by atoms with Gasteiger partial charge in [0.1, 0.15) is 7.05 Å². The van der Waals surface area contributed by atoms with Gasteiger partial charge in [-0.2, -0.15) is 4.57 Å². The minimum Gasteiger partial charge on any atom is -0.409 e. The zero-order valence-electron chi connectivity index (χ0n) is 6.03. The van der Waals surface area contributed by atoms with Gasteiger partial charge < -0.3 is 5.21 Å². The van der Waals surface area contributed by atoms with Crippen LogP contribution < -0.4 is 4.57 Å². The number of nitrogens with zero attached hydrogens (tertiary/aromatic N) is 2. The van der Waals surface area contributed by atoms with Crippen molar-refractivity contribution in [2.24, 2.45) is 12.2 Å². The Balaban J connectivity index is 3.14. The molecule has 1 rings (SSSR count). The predicted molar refractivity (Wildman–Crippen MR) is 41.8 cm³/mol. The third kappa shape index (κ3) is 1.68. The zero-order chi connectivity index (χ0) is 8.27. The summed E-state index contributed by atoms with van der Waals surface area (Å²) >= 11 is 5.58. The van der Waals surface area contributed by atoms with Crippen molar-refractivity contribution in [3.63, 3.8) is 0 Å². The molecule has 0 unspecified atom stereocenters. The normalized spacial score (nSPS) is 11.6. The van der Waals surface area contributed by atoms with E-state index in [1.807, 2.05) is 25.4 Å². The van der Waals surface area contributed by atoms with Crippen LogP contribution in [0.4, 0.5) is 0 Å². The molecule has 0 aromatic carbocycles. The first-order valence-electron chi connectivity index (χ1n) is 3.08. The van der Waals surface area contributed by atoms with Gasteiger partial charge in [0, 0.05) is 12.1 Å². The van der Waals surface area contributed by atoms with Crippen LogP contribution in [0.3, 0.4) is 0 Å². The summed E-state index contributed by atoms with van der Waals surface area (Å²) in [5, 5.41) is 11.3. The Morgan fingerprint density at radius 1 is 1.64 bits per heavy atom. The average Bonchev–Trinajstić information content (AvgIpc) is 2.04. The van der Waals surface area contributed by atoms with Crippen molar-refractivity contribution < 1.29 is 9.77 Å². The quantitative estimate of drug-likeness (QED) is 0.290. The lowest BCUT2D eigenvalue weighted by Crippen LogP contribution is -2.34. The second-order valence-electron chi connectivity index (χ2n) is 2.09. The molecule has 11 heavy (non-hydrogen) atoms. The molecule has 0 amide bonds. The lowest BCUT2D eigenvalue weighted by atomic mass is 10.3. The summed E-state index contributed by atoms with van der Waals surface area (Å²) in [6.07, 6.45) is 1.82. The summed E-state index contributed by atoms with van der Waals surface area (Å²) in [4.78, 5) is 0. The van der Waals surface area contributed by atoms with Gasteiger partial charge in [-0.15, -0.1) is 0 Å². The van der Waals surface area contributed by atoms with Gasteiger partial charge in [0.15, 0.2) is 6.20 Å². The molecular weight excluding hydrogens is 164 g/mol.